The van der Waals surface area contributed by atoms with Gasteiger partial charge in [0.05, 0.1) is 13.2 Å². The van der Waals surface area contributed by atoms with Crippen LogP contribution in [-0.2, 0) is 15.9 Å². The highest BCUT2D eigenvalue weighted by Crippen LogP contribution is 2.34. The van der Waals surface area contributed by atoms with Crippen molar-refractivity contribution in [2.24, 2.45) is 0 Å². The molecule has 1 amide bonds. The number of alkyl carbamates (subject to hydrolysis) is 1. The minimum atomic E-state index is -0.504. The van der Waals surface area contributed by atoms with Crippen LogP contribution in [0.2, 0.25) is 0 Å². The van der Waals surface area contributed by atoms with Gasteiger partial charge in [-0.1, -0.05) is 48.5 Å². The summed E-state index contributed by atoms with van der Waals surface area (Å²) >= 11 is 0. The van der Waals surface area contributed by atoms with Crippen molar-refractivity contribution in [3.63, 3.8) is 0 Å². The molecule has 2 aromatic carbocycles. The first-order valence-electron chi connectivity index (χ1n) is 8.70. The fraction of sp³-hybridized carbons (Fsp3) is 0.381. The third-order valence-electron chi connectivity index (χ3n) is 4.15. The van der Waals surface area contributed by atoms with E-state index < -0.39 is 11.7 Å². The van der Waals surface area contributed by atoms with Crippen molar-refractivity contribution < 1.29 is 14.3 Å². The van der Waals surface area contributed by atoms with Crippen molar-refractivity contribution >= 4 is 6.09 Å². The van der Waals surface area contributed by atoms with E-state index in [0.717, 1.165) is 12.0 Å². The molecule has 0 bridgehead atoms. The van der Waals surface area contributed by atoms with Crippen LogP contribution in [0.3, 0.4) is 0 Å². The summed E-state index contributed by atoms with van der Waals surface area (Å²) in [5, 5.41) is 2.82. The van der Waals surface area contributed by atoms with Gasteiger partial charge in [-0.25, -0.2) is 4.79 Å². The van der Waals surface area contributed by atoms with E-state index in [0.29, 0.717) is 13.2 Å². The summed E-state index contributed by atoms with van der Waals surface area (Å²) in [6.45, 7) is 6.61. The molecule has 0 unspecified atom stereocenters. The summed E-state index contributed by atoms with van der Waals surface area (Å²) in [6.07, 6.45) is 0.311. The Balaban J connectivity index is 1.78. The SMILES string of the molecule is CC(C)(C)OC(=O)NC[C@H]1OCCc2c(-c3ccccc3)cccc21. The monoisotopic (exact) mass is 339 g/mol. The molecule has 0 saturated carbocycles. The third kappa shape index (κ3) is 4.40. The Hall–Kier alpha value is -2.33. The van der Waals surface area contributed by atoms with Crippen molar-refractivity contribution in [3.05, 3.63) is 59.7 Å². The van der Waals surface area contributed by atoms with Crippen LogP contribution in [-0.4, -0.2) is 24.8 Å². The smallest absolute Gasteiger partial charge is 0.407 e. The molecule has 132 valence electrons. The van der Waals surface area contributed by atoms with Crippen LogP contribution in [0.1, 0.15) is 38.0 Å². The zero-order chi connectivity index (χ0) is 17.9. The van der Waals surface area contributed by atoms with Gasteiger partial charge in [-0.3, -0.25) is 0 Å². The van der Waals surface area contributed by atoms with Crippen LogP contribution in [0.25, 0.3) is 11.1 Å². The normalized spacial score (nSPS) is 16.8. The number of amides is 1. The lowest BCUT2D eigenvalue weighted by Gasteiger charge is -2.28. The van der Waals surface area contributed by atoms with Crippen LogP contribution < -0.4 is 5.32 Å². The van der Waals surface area contributed by atoms with Gasteiger partial charge in [0.1, 0.15) is 11.7 Å². The second-order valence-corrected chi connectivity index (χ2v) is 7.23. The minimum absolute atomic E-state index is 0.153. The van der Waals surface area contributed by atoms with E-state index in [-0.39, 0.29) is 6.10 Å². The lowest BCUT2D eigenvalue weighted by molar-refractivity contribution is 0.0290. The quantitative estimate of drug-likeness (QED) is 0.896. The average Bonchev–Trinajstić information content (AvgIpc) is 2.58. The summed E-state index contributed by atoms with van der Waals surface area (Å²) < 4.78 is 11.2. The van der Waals surface area contributed by atoms with Gasteiger partial charge in [0.2, 0.25) is 0 Å². The molecule has 0 aromatic heterocycles. The highest BCUT2D eigenvalue weighted by atomic mass is 16.6. The number of carbonyl (C=O) groups is 1. The molecule has 3 rings (SSSR count). The van der Waals surface area contributed by atoms with Gasteiger partial charge < -0.3 is 14.8 Å². The van der Waals surface area contributed by atoms with E-state index in [2.05, 4.69) is 47.8 Å². The first kappa shape index (κ1) is 17.5. The van der Waals surface area contributed by atoms with Crippen LogP contribution in [0.4, 0.5) is 4.79 Å². The van der Waals surface area contributed by atoms with Crippen molar-refractivity contribution in [1.82, 2.24) is 5.32 Å². The number of carbonyl (C=O) groups excluding carboxylic acids is 1. The van der Waals surface area contributed by atoms with E-state index in [9.17, 15) is 4.79 Å². The number of hydrogen-bond donors (Lipinski definition) is 1. The van der Waals surface area contributed by atoms with Gasteiger partial charge in [-0.05, 0) is 49.4 Å². The molecule has 1 aliphatic rings. The topological polar surface area (TPSA) is 47.6 Å². The molecule has 1 atom stereocenters. The summed E-state index contributed by atoms with van der Waals surface area (Å²) in [4.78, 5) is 11.9. The summed E-state index contributed by atoms with van der Waals surface area (Å²) in [6, 6.07) is 16.7. The second kappa shape index (κ2) is 7.28. The van der Waals surface area contributed by atoms with Gasteiger partial charge in [0, 0.05) is 0 Å². The molecule has 0 saturated heterocycles. The van der Waals surface area contributed by atoms with Gasteiger partial charge in [-0.15, -0.1) is 0 Å². The number of fused-ring (bicyclic) bond motifs is 1. The predicted octanol–water partition coefficient (Wildman–Crippen LogP) is 4.49. The average molecular weight is 339 g/mol. The molecular formula is C21H25NO3. The highest BCUT2D eigenvalue weighted by molar-refractivity contribution is 5.70. The van der Waals surface area contributed by atoms with Crippen LogP contribution in [0.15, 0.2) is 48.5 Å². The summed E-state index contributed by atoms with van der Waals surface area (Å²) in [5.74, 6) is 0. The molecule has 1 N–H and O–H groups in total. The molecule has 25 heavy (non-hydrogen) atoms. The Bertz CT molecular complexity index is 735. The number of rotatable bonds is 3. The van der Waals surface area contributed by atoms with Crippen molar-refractivity contribution in [3.8, 4) is 11.1 Å². The predicted molar refractivity (Wildman–Crippen MR) is 98.5 cm³/mol. The van der Waals surface area contributed by atoms with Crippen molar-refractivity contribution in [2.75, 3.05) is 13.2 Å². The standard InChI is InChI=1S/C21H25NO3/c1-21(2,3)25-20(23)22-14-19-18-11-7-10-16(17(18)12-13-24-19)15-8-5-4-6-9-15/h4-11,19H,12-14H2,1-3H3,(H,22,23)/t19-/m1/s1. The fourth-order valence-corrected chi connectivity index (χ4v) is 3.13. The molecule has 4 heteroatoms. The molecule has 0 radical (unpaired) electrons. The van der Waals surface area contributed by atoms with Crippen LogP contribution in [0.5, 0.6) is 0 Å². The minimum Gasteiger partial charge on any atom is -0.444 e. The Morgan fingerprint density at radius 1 is 1.16 bits per heavy atom. The van der Waals surface area contributed by atoms with E-state index >= 15 is 0 Å². The Kier molecular flexibility index (Phi) is 5.09. The third-order valence-corrected chi connectivity index (χ3v) is 4.15. The molecule has 1 aliphatic heterocycles. The Labute approximate surface area is 149 Å². The van der Waals surface area contributed by atoms with Gasteiger partial charge >= 0.3 is 6.09 Å². The molecule has 1 heterocycles. The van der Waals surface area contributed by atoms with E-state index in [1.807, 2.05) is 26.8 Å². The highest BCUT2D eigenvalue weighted by Gasteiger charge is 2.24. The van der Waals surface area contributed by atoms with Crippen LogP contribution in [0, 0.1) is 0 Å². The largest absolute Gasteiger partial charge is 0.444 e. The number of benzene rings is 2. The Morgan fingerprint density at radius 3 is 2.64 bits per heavy atom. The summed E-state index contributed by atoms with van der Waals surface area (Å²) in [5.41, 5.74) is 4.39. The molecule has 0 aliphatic carbocycles. The van der Waals surface area contributed by atoms with Crippen LogP contribution >= 0.6 is 0 Å². The van der Waals surface area contributed by atoms with Gasteiger partial charge in [0.25, 0.3) is 0 Å². The number of hydrogen-bond acceptors (Lipinski definition) is 3. The Morgan fingerprint density at radius 2 is 1.92 bits per heavy atom. The van der Waals surface area contributed by atoms with Crippen molar-refractivity contribution in [1.29, 1.82) is 0 Å². The molecule has 4 nitrogen and oxygen atoms in total. The van der Waals surface area contributed by atoms with Gasteiger partial charge in [-0.2, -0.15) is 0 Å². The lowest BCUT2D eigenvalue weighted by Crippen LogP contribution is -2.36. The first-order valence-corrected chi connectivity index (χ1v) is 8.70. The molecule has 0 fully saturated rings. The summed E-state index contributed by atoms with van der Waals surface area (Å²) in [7, 11) is 0. The fourth-order valence-electron chi connectivity index (χ4n) is 3.13. The zero-order valence-corrected chi connectivity index (χ0v) is 15.0. The maximum absolute atomic E-state index is 11.9. The number of ether oxygens (including phenoxy) is 2. The molecular weight excluding hydrogens is 314 g/mol. The van der Waals surface area contributed by atoms with Crippen molar-refractivity contribution in [2.45, 2.75) is 38.9 Å². The maximum Gasteiger partial charge on any atom is 0.407 e. The molecule has 0 spiro atoms. The van der Waals surface area contributed by atoms with Gasteiger partial charge in [0.15, 0.2) is 0 Å². The molecule has 2 aromatic rings. The van der Waals surface area contributed by atoms with E-state index in [1.54, 1.807) is 0 Å². The lowest BCUT2D eigenvalue weighted by atomic mass is 9.89. The first-order chi connectivity index (χ1) is 11.9. The van der Waals surface area contributed by atoms with E-state index in [4.69, 9.17) is 9.47 Å². The van der Waals surface area contributed by atoms with E-state index in [1.165, 1.54) is 16.7 Å². The maximum atomic E-state index is 11.9. The second-order valence-electron chi connectivity index (χ2n) is 7.23. The zero-order valence-electron chi connectivity index (χ0n) is 15.0. The number of nitrogens with one attached hydrogen (secondary N) is 1.